The number of alkyl halides is 6. The van der Waals surface area contributed by atoms with E-state index in [1.165, 1.54) is 0 Å². The fourth-order valence-corrected chi connectivity index (χ4v) is 0.906. The molecule has 6 nitrogen and oxygen atoms in total. The molecule has 0 radical (unpaired) electrons. The molecule has 0 aromatic rings. The molecular weight excluding hydrogens is 330 g/mol. The summed E-state index contributed by atoms with van der Waals surface area (Å²) in [6.45, 7) is 0. The van der Waals surface area contributed by atoms with Crippen LogP contribution in [0.4, 0.5) is 26.3 Å². The van der Waals surface area contributed by atoms with Crippen molar-refractivity contribution >= 4 is 34.7 Å². The zero-order valence-electron chi connectivity index (χ0n) is 10.1. The second-order valence-electron chi connectivity index (χ2n) is 3.70. The van der Waals surface area contributed by atoms with Gasteiger partial charge in [-0.3, -0.25) is 28.8 Å². The minimum absolute atomic E-state index is 2.07. The Morgan fingerprint density at radius 3 is 0.955 bits per heavy atom. The van der Waals surface area contributed by atoms with Gasteiger partial charge in [-0.05, 0) is 0 Å². The van der Waals surface area contributed by atoms with Gasteiger partial charge in [0.15, 0.2) is 0 Å². The smallest absolute Gasteiger partial charge is 0.290 e. The normalized spacial score (nSPS) is 11.7. The lowest BCUT2D eigenvalue weighted by atomic mass is 10.0. The number of ketones is 6. The Morgan fingerprint density at radius 2 is 0.773 bits per heavy atom. The quantitative estimate of drug-likeness (QED) is 0.377. The molecule has 0 unspecified atom stereocenters. The largest absolute Gasteiger partial charge is 0.450 e. The van der Waals surface area contributed by atoms with Gasteiger partial charge in [0.05, 0.1) is 12.8 Å². The van der Waals surface area contributed by atoms with E-state index in [9.17, 15) is 55.1 Å². The Kier molecular flexibility index (Phi) is 5.86. The highest BCUT2D eigenvalue weighted by Gasteiger charge is 2.43. The Labute approximate surface area is 116 Å². The Hall–Kier alpha value is -2.40. The summed E-state index contributed by atoms with van der Waals surface area (Å²) in [6, 6.07) is 0. The first-order valence-electron chi connectivity index (χ1n) is 5.02. The lowest BCUT2D eigenvalue weighted by molar-refractivity contribution is -0.173. The van der Waals surface area contributed by atoms with Crippen molar-refractivity contribution in [3.05, 3.63) is 0 Å². The molecule has 0 bridgehead atoms. The number of hydrogen-bond donors (Lipinski definition) is 0. The van der Waals surface area contributed by atoms with Crippen LogP contribution < -0.4 is 0 Å². The van der Waals surface area contributed by atoms with Crippen LogP contribution in [0.5, 0.6) is 0 Å². The van der Waals surface area contributed by atoms with Gasteiger partial charge in [0.1, 0.15) is 0 Å². The molecule has 0 aromatic carbocycles. The average molecular weight is 334 g/mol. The molecule has 0 heterocycles. The summed E-state index contributed by atoms with van der Waals surface area (Å²) < 4.78 is 70.8. The third-order valence-corrected chi connectivity index (χ3v) is 1.99. The molecule has 0 aliphatic heterocycles. The van der Waals surface area contributed by atoms with Crippen molar-refractivity contribution in [3.8, 4) is 0 Å². The molecule has 0 aliphatic carbocycles. The zero-order valence-corrected chi connectivity index (χ0v) is 10.1. The van der Waals surface area contributed by atoms with Crippen LogP contribution in [-0.4, -0.2) is 47.1 Å². The number of carbonyl (C=O) groups is 6. The summed E-state index contributed by atoms with van der Waals surface area (Å²) >= 11 is 0. The topological polar surface area (TPSA) is 102 Å². The summed E-state index contributed by atoms with van der Waals surface area (Å²) in [5, 5.41) is 0. The summed E-state index contributed by atoms with van der Waals surface area (Å²) in [5.41, 5.74) is 0. The van der Waals surface area contributed by atoms with Crippen molar-refractivity contribution in [1.82, 2.24) is 0 Å². The van der Waals surface area contributed by atoms with Gasteiger partial charge in [-0.15, -0.1) is 0 Å². The van der Waals surface area contributed by atoms with Gasteiger partial charge in [0.2, 0.25) is 23.1 Å². The van der Waals surface area contributed by atoms with E-state index in [0.717, 1.165) is 0 Å². The van der Waals surface area contributed by atoms with Gasteiger partial charge in [0, 0.05) is 0 Å². The first kappa shape index (κ1) is 19.6. The molecule has 0 aliphatic rings. The highest BCUT2D eigenvalue weighted by Crippen LogP contribution is 2.19. The van der Waals surface area contributed by atoms with E-state index in [4.69, 9.17) is 0 Å². The molecule has 0 N–H and O–H groups in total. The van der Waals surface area contributed by atoms with Gasteiger partial charge < -0.3 is 0 Å². The summed E-state index contributed by atoms with van der Waals surface area (Å²) in [6.07, 6.45) is -15.1. The van der Waals surface area contributed by atoms with Crippen LogP contribution in [0.2, 0.25) is 0 Å². The van der Waals surface area contributed by atoms with Crippen molar-refractivity contribution in [1.29, 1.82) is 0 Å². The summed E-state index contributed by atoms with van der Waals surface area (Å²) in [5.74, 6) is -14.6. The third-order valence-electron chi connectivity index (χ3n) is 1.99. The number of halogens is 6. The highest BCUT2D eigenvalue weighted by atomic mass is 19.4. The van der Waals surface area contributed by atoms with E-state index >= 15 is 0 Å². The number of hydrogen-bond acceptors (Lipinski definition) is 6. The van der Waals surface area contributed by atoms with Gasteiger partial charge >= 0.3 is 12.4 Å². The second-order valence-corrected chi connectivity index (χ2v) is 3.70. The van der Waals surface area contributed by atoms with Gasteiger partial charge in [-0.2, -0.15) is 26.3 Å². The van der Waals surface area contributed by atoms with Crippen LogP contribution in [-0.2, 0) is 28.8 Å². The Balaban J connectivity index is 4.84. The van der Waals surface area contributed by atoms with Crippen molar-refractivity contribution in [2.75, 3.05) is 0 Å². The Bertz CT molecular complexity index is 505. The van der Waals surface area contributed by atoms with E-state index in [-0.39, 0.29) is 0 Å². The maximum absolute atomic E-state index is 11.8. The molecule has 0 spiro atoms. The van der Waals surface area contributed by atoms with E-state index in [2.05, 4.69) is 0 Å². The summed E-state index contributed by atoms with van der Waals surface area (Å²) in [4.78, 5) is 64.4. The van der Waals surface area contributed by atoms with E-state index in [0.29, 0.717) is 0 Å². The number of Topliss-reactive ketones (excluding diaryl/α,β-unsaturated/α-hetero) is 6. The number of carbonyl (C=O) groups excluding carboxylic acids is 6. The SMILES string of the molecule is O=C(CC(=O)C(F)(F)F)C(=O)C(=O)C(=O)CC(=O)C(F)(F)F. The number of rotatable bonds is 7. The fourth-order valence-electron chi connectivity index (χ4n) is 0.906. The zero-order chi connectivity index (χ0) is 17.9. The van der Waals surface area contributed by atoms with Crippen molar-refractivity contribution in [2.24, 2.45) is 0 Å². The highest BCUT2D eigenvalue weighted by molar-refractivity contribution is 6.79. The first-order valence-corrected chi connectivity index (χ1v) is 5.02. The maximum Gasteiger partial charge on any atom is 0.450 e. The molecule has 122 valence electrons. The van der Waals surface area contributed by atoms with Gasteiger partial charge in [0.25, 0.3) is 11.6 Å². The van der Waals surface area contributed by atoms with Gasteiger partial charge in [-0.25, -0.2) is 0 Å². The minimum Gasteiger partial charge on any atom is -0.290 e. The van der Waals surface area contributed by atoms with Crippen LogP contribution in [0, 0.1) is 0 Å². The third kappa shape index (κ3) is 5.54. The van der Waals surface area contributed by atoms with Crippen molar-refractivity contribution in [2.45, 2.75) is 25.2 Å². The molecule has 0 rings (SSSR count). The predicted octanol–water partition coefficient (Wildman–Crippen LogP) is 0.306. The van der Waals surface area contributed by atoms with Crippen molar-refractivity contribution < 1.29 is 55.1 Å². The van der Waals surface area contributed by atoms with Gasteiger partial charge in [-0.1, -0.05) is 0 Å². The fraction of sp³-hybridized carbons (Fsp3) is 0.400. The standard InChI is InChI=1S/C10H4F6O6/c11-9(12,13)5(19)1-3(17)7(21)8(22)4(18)2-6(20)10(14,15)16/h1-2H2. The van der Waals surface area contributed by atoms with Crippen LogP contribution >= 0.6 is 0 Å². The minimum atomic E-state index is -5.48. The molecule has 22 heavy (non-hydrogen) atoms. The van der Waals surface area contributed by atoms with Crippen LogP contribution in [0.3, 0.4) is 0 Å². The molecule has 0 saturated heterocycles. The van der Waals surface area contributed by atoms with Crippen LogP contribution in [0.1, 0.15) is 12.8 Å². The first-order chi connectivity index (χ1) is 9.67. The predicted molar refractivity (Wildman–Crippen MR) is 51.4 cm³/mol. The van der Waals surface area contributed by atoms with Crippen LogP contribution in [0.25, 0.3) is 0 Å². The van der Waals surface area contributed by atoms with E-state index in [1.54, 1.807) is 0 Å². The molecule has 0 atom stereocenters. The van der Waals surface area contributed by atoms with E-state index in [1.807, 2.05) is 0 Å². The molecule has 0 fully saturated rings. The lowest BCUT2D eigenvalue weighted by Crippen LogP contribution is -2.36. The second kappa shape index (κ2) is 6.58. The summed E-state index contributed by atoms with van der Waals surface area (Å²) in [7, 11) is 0. The average Bonchev–Trinajstić information content (AvgIpc) is 2.34. The molecule has 0 amide bonds. The molecular formula is C10H4F6O6. The molecule has 12 heteroatoms. The monoisotopic (exact) mass is 334 g/mol. The lowest BCUT2D eigenvalue weighted by Gasteiger charge is -2.04. The van der Waals surface area contributed by atoms with Crippen LogP contribution in [0.15, 0.2) is 0 Å². The maximum atomic E-state index is 11.8. The van der Waals surface area contributed by atoms with Crippen molar-refractivity contribution in [3.63, 3.8) is 0 Å². The van der Waals surface area contributed by atoms with E-state index < -0.39 is 59.9 Å². The molecule has 0 saturated carbocycles. The Morgan fingerprint density at radius 1 is 0.545 bits per heavy atom. The molecule has 0 aromatic heterocycles.